The Morgan fingerprint density at radius 2 is 2.20 bits per heavy atom. The van der Waals surface area contributed by atoms with Crippen LogP contribution in [0.25, 0.3) is 0 Å². The molecule has 0 fully saturated rings. The van der Waals surface area contributed by atoms with Gasteiger partial charge in [0.25, 0.3) is 0 Å². The molecule has 1 N–H and O–H groups in total. The first-order valence-corrected chi connectivity index (χ1v) is 8.16. The number of halogens is 1. The van der Waals surface area contributed by atoms with Crippen molar-refractivity contribution in [3.63, 3.8) is 0 Å². The third-order valence-electron chi connectivity index (χ3n) is 2.56. The molecular formula is C13H11ClN4S2. The lowest BCUT2D eigenvalue weighted by atomic mass is 10.3. The molecule has 0 unspecified atom stereocenters. The zero-order chi connectivity index (χ0) is 13.8. The van der Waals surface area contributed by atoms with Crippen LogP contribution in [0.4, 0.5) is 0 Å². The monoisotopic (exact) mass is 322 g/mol. The highest BCUT2D eigenvalue weighted by atomic mass is 35.5. The van der Waals surface area contributed by atoms with Crippen LogP contribution in [0.1, 0.15) is 16.4 Å². The highest BCUT2D eigenvalue weighted by molar-refractivity contribution is 7.98. The van der Waals surface area contributed by atoms with Crippen molar-refractivity contribution in [2.24, 2.45) is 0 Å². The SMILES string of the molecule is Clc1ccc(CSc2n[nH]c(Cc3ccccn3)n2)s1. The van der Waals surface area contributed by atoms with Crippen molar-refractivity contribution < 1.29 is 0 Å². The molecule has 102 valence electrons. The van der Waals surface area contributed by atoms with E-state index in [-0.39, 0.29) is 0 Å². The summed E-state index contributed by atoms with van der Waals surface area (Å²) in [7, 11) is 0. The van der Waals surface area contributed by atoms with Crippen molar-refractivity contribution in [2.75, 3.05) is 0 Å². The Bertz CT molecular complexity index is 681. The van der Waals surface area contributed by atoms with E-state index in [9.17, 15) is 0 Å². The number of aromatic nitrogens is 4. The van der Waals surface area contributed by atoms with Gasteiger partial charge in [0, 0.05) is 28.9 Å². The maximum absolute atomic E-state index is 5.90. The third-order valence-corrected chi connectivity index (χ3v) is 4.87. The van der Waals surface area contributed by atoms with E-state index >= 15 is 0 Å². The van der Waals surface area contributed by atoms with Crippen molar-refractivity contribution in [3.8, 4) is 0 Å². The highest BCUT2D eigenvalue weighted by Gasteiger charge is 2.06. The Kier molecular flexibility index (Phi) is 4.34. The van der Waals surface area contributed by atoms with Gasteiger partial charge in [0.15, 0.2) is 0 Å². The van der Waals surface area contributed by atoms with Gasteiger partial charge in [-0.05, 0) is 24.3 Å². The average Bonchev–Trinajstić information content (AvgIpc) is 3.07. The Morgan fingerprint density at radius 1 is 1.25 bits per heavy atom. The van der Waals surface area contributed by atoms with Gasteiger partial charge in [-0.1, -0.05) is 29.4 Å². The smallest absolute Gasteiger partial charge is 0.208 e. The minimum Gasteiger partial charge on any atom is -0.262 e. The van der Waals surface area contributed by atoms with E-state index in [0.717, 1.165) is 26.8 Å². The highest BCUT2D eigenvalue weighted by Crippen LogP contribution is 2.27. The van der Waals surface area contributed by atoms with E-state index in [1.165, 1.54) is 4.88 Å². The summed E-state index contributed by atoms with van der Waals surface area (Å²) in [6, 6.07) is 9.78. The van der Waals surface area contributed by atoms with Gasteiger partial charge in [0.05, 0.1) is 4.34 Å². The Hall–Kier alpha value is -1.37. The second-order valence-electron chi connectivity index (χ2n) is 4.06. The first kappa shape index (κ1) is 13.6. The van der Waals surface area contributed by atoms with E-state index in [4.69, 9.17) is 11.6 Å². The van der Waals surface area contributed by atoms with E-state index in [1.807, 2.05) is 30.3 Å². The Labute approximate surface area is 129 Å². The lowest BCUT2D eigenvalue weighted by molar-refractivity contribution is 0.938. The number of thiophene rings is 1. The standard InChI is InChI=1S/C13H11ClN4S2/c14-11-5-4-10(20-11)8-19-13-16-12(17-18-13)7-9-3-1-2-6-15-9/h1-6H,7-8H2,(H,16,17,18). The van der Waals surface area contributed by atoms with Gasteiger partial charge in [-0.3, -0.25) is 10.1 Å². The number of pyridine rings is 1. The minimum atomic E-state index is 0.666. The number of H-pyrrole nitrogens is 1. The van der Waals surface area contributed by atoms with Crippen LogP contribution in [-0.2, 0) is 12.2 Å². The van der Waals surface area contributed by atoms with Crippen molar-refractivity contribution in [1.82, 2.24) is 20.2 Å². The molecule has 20 heavy (non-hydrogen) atoms. The fraction of sp³-hybridized carbons (Fsp3) is 0.154. The van der Waals surface area contributed by atoms with Crippen molar-refractivity contribution in [2.45, 2.75) is 17.3 Å². The molecule has 0 saturated heterocycles. The summed E-state index contributed by atoms with van der Waals surface area (Å²) in [5, 5.41) is 7.91. The van der Waals surface area contributed by atoms with E-state index in [2.05, 4.69) is 20.2 Å². The quantitative estimate of drug-likeness (QED) is 0.726. The Morgan fingerprint density at radius 3 is 2.95 bits per heavy atom. The molecule has 0 amide bonds. The van der Waals surface area contributed by atoms with Crippen molar-refractivity contribution in [3.05, 3.63) is 57.3 Å². The lowest BCUT2D eigenvalue weighted by Gasteiger charge is -1.95. The maximum Gasteiger partial charge on any atom is 0.208 e. The molecule has 0 atom stereocenters. The van der Waals surface area contributed by atoms with E-state index in [0.29, 0.717) is 6.42 Å². The summed E-state index contributed by atoms with van der Waals surface area (Å²) >= 11 is 9.08. The Balaban J connectivity index is 1.59. The van der Waals surface area contributed by atoms with Gasteiger partial charge in [-0.15, -0.1) is 16.4 Å². The maximum atomic E-state index is 5.90. The minimum absolute atomic E-state index is 0.666. The lowest BCUT2D eigenvalue weighted by Crippen LogP contribution is -1.93. The molecule has 0 bridgehead atoms. The topological polar surface area (TPSA) is 54.5 Å². The zero-order valence-corrected chi connectivity index (χ0v) is 12.8. The molecule has 0 aliphatic heterocycles. The van der Waals surface area contributed by atoms with Crippen molar-refractivity contribution >= 4 is 34.7 Å². The van der Waals surface area contributed by atoms with Gasteiger partial charge in [0.2, 0.25) is 5.16 Å². The summed E-state index contributed by atoms with van der Waals surface area (Å²) in [4.78, 5) is 9.95. The summed E-state index contributed by atoms with van der Waals surface area (Å²) < 4.78 is 0.812. The first-order chi connectivity index (χ1) is 9.79. The molecule has 0 radical (unpaired) electrons. The summed E-state index contributed by atoms with van der Waals surface area (Å²) in [6.45, 7) is 0. The van der Waals surface area contributed by atoms with Crippen LogP contribution in [0, 0.1) is 0 Å². The molecule has 3 heterocycles. The van der Waals surface area contributed by atoms with Crippen LogP contribution < -0.4 is 0 Å². The van der Waals surface area contributed by atoms with E-state index in [1.54, 1.807) is 29.3 Å². The van der Waals surface area contributed by atoms with Crippen LogP contribution in [0.2, 0.25) is 4.34 Å². The first-order valence-electron chi connectivity index (χ1n) is 5.98. The number of rotatable bonds is 5. The van der Waals surface area contributed by atoms with Crippen LogP contribution >= 0.6 is 34.7 Å². The second kappa shape index (κ2) is 6.39. The van der Waals surface area contributed by atoms with Crippen LogP contribution in [-0.4, -0.2) is 20.2 Å². The van der Waals surface area contributed by atoms with Crippen LogP contribution in [0.15, 0.2) is 41.7 Å². The molecule has 0 spiro atoms. The van der Waals surface area contributed by atoms with Gasteiger partial charge < -0.3 is 0 Å². The predicted octanol–water partition coefficient (Wildman–Crippen LogP) is 3.80. The molecule has 0 saturated carbocycles. The van der Waals surface area contributed by atoms with Crippen molar-refractivity contribution in [1.29, 1.82) is 0 Å². The largest absolute Gasteiger partial charge is 0.262 e. The number of hydrogen-bond donors (Lipinski definition) is 1. The molecule has 3 rings (SSSR count). The van der Waals surface area contributed by atoms with E-state index < -0.39 is 0 Å². The molecule has 0 aliphatic carbocycles. The number of hydrogen-bond acceptors (Lipinski definition) is 5. The van der Waals surface area contributed by atoms with Gasteiger partial charge in [0.1, 0.15) is 5.82 Å². The summed E-state index contributed by atoms with van der Waals surface area (Å²) in [5.74, 6) is 1.66. The number of aromatic amines is 1. The predicted molar refractivity (Wildman–Crippen MR) is 82.3 cm³/mol. The number of nitrogens with zero attached hydrogens (tertiary/aromatic N) is 3. The molecule has 0 aliphatic rings. The number of nitrogens with one attached hydrogen (secondary N) is 1. The zero-order valence-electron chi connectivity index (χ0n) is 10.4. The molecule has 0 aromatic carbocycles. The second-order valence-corrected chi connectivity index (χ2v) is 6.80. The summed E-state index contributed by atoms with van der Waals surface area (Å²) in [5.41, 5.74) is 0.977. The molecular weight excluding hydrogens is 312 g/mol. The fourth-order valence-corrected chi connectivity index (χ4v) is 3.61. The van der Waals surface area contributed by atoms with Crippen LogP contribution in [0.5, 0.6) is 0 Å². The van der Waals surface area contributed by atoms with Gasteiger partial charge in [-0.2, -0.15) is 0 Å². The van der Waals surface area contributed by atoms with Gasteiger partial charge >= 0.3 is 0 Å². The van der Waals surface area contributed by atoms with Crippen LogP contribution in [0.3, 0.4) is 0 Å². The molecule has 4 nitrogen and oxygen atoms in total. The fourth-order valence-electron chi connectivity index (χ4n) is 1.66. The molecule has 3 aromatic heterocycles. The third kappa shape index (κ3) is 3.59. The number of thioether (sulfide) groups is 1. The molecule has 7 heteroatoms. The molecule has 3 aromatic rings. The average molecular weight is 323 g/mol. The van der Waals surface area contributed by atoms with Gasteiger partial charge in [-0.25, -0.2) is 4.98 Å². The normalized spacial score (nSPS) is 10.8. The summed E-state index contributed by atoms with van der Waals surface area (Å²) in [6.07, 6.45) is 2.45.